The first-order valence-corrected chi connectivity index (χ1v) is 6.70. The topological polar surface area (TPSA) is 46.3 Å². The Balaban J connectivity index is 1.97. The van der Waals surface area contributed by atoms with E-state index in [4.69, 9.17) is 5.73 Å². The van der Waals surface area contributed by atoms with Gasteiger partial charge in [-0.2, -0.15) is 13.2 Å². The Hall–Kier alpha value is -1.04. The molecule has 1 aliphatic carbocycles. The second-order valence-corrected chi connectivity index (χ2v) is 5.32. The summed E-state index contributed by atoms with van der Waals surface area (Å²) in [4.78, 5) is 13.8. The fraction of sp³-hybridized carbons (Fsp3) is 0.769. The van der Waals surface area contributed by atoms with Gasteiger partial charge in [-0.05, 0) is 19.3 Å². The Kier molecular flexibility index (Phi) is 4.18. The molecule has 1 heterocycles. The molecule has 2 N–H and O–H groups in total. The van der Waals surface area contributed by atoms with Crippen LogP contribution in [0.1, 0.15) is 32.1 Å². The van der Waals surface area contributed by atoms with Crippen LogP contribution < -0.4 is 5.73 Å². The molecular formula is C13H19F3N2O. The van der Waals surface area contributed by atoms with E-state index >= 15 is 0 Å². The van der Waals surface area contributed by atoms with E-state index in [1.807, 2.05) is 0 Å². The minimum atomic E-state index is -4.27. The summed E-state index contributed by atoms with van der Waals surface area (Å²) in [5.74, 6) is -0.292. The summed E-state index contributed by atoms with van der Waals surface area (Å²) in [5, 5.41) is 0. The van der Waals surface area contributed by atoms with Gasteiger partial charge in [-0.1, -0.05) is 18.9 Å². The van der Waals surface area contributed by atoms with E-state index in [0.717, 1.165) is 31.8 Å². The summed E-state index contributed by atoms with van der Waals surface area (Å²) in [6.07, 6.45) is 0.328. The van der Waals surface area contributed by atoms with Crippen LogP contribution in [0, 0.1) is 5.92 Å². The van der Waals surface area contributed by atoms with Crippen LogP contribution in [0.2, 0.25) is 0 Å². The number of hydrogen-bond acceptors (Lipinski definition) is 2. The predicted molar refractivity (Wildman–Crippen MR) is 65.3 cm³/mol. The van der Waals surface area contributed by atoms with Crippen molar-refractivity contribution in [3.63, 3.8) is 0 Å². The first-order valence-electron chi connectivity index (χ1n) is 6.70. The monoisotopic (exact) mass is 276 g/mol. The lowest BCUT2D eigenvalue weighted by atomic mass is 9.84. The molecule has 3 nitrogen and oxygen atoms in total. The number of hydrogen-bond donors (Lipinski definition) is 1. The lowest BCUT2D eigenvalue weighted by molar-refractivity contribution is -0.137. The van der Waals surface area contributed by atoms with Gasteiger partial charge in [0.2, 0.25) is 5.91 Å². The first-order chi connectivity index (χ1) is 8.89. The summed E-state index contributed by atoms with van der Waals surface area (Å²) in [6, 6.07) is -0.144. The fourth-order valence-electron chi connectivity index (χ4n) is 2.83. The molecule has 1 fully saturated rings. The second kappa shape index (κ2) is 5.53. The average Bonchev–Trinajstić information content (AvgIpc) is 2.38. The van der Waals surface area contributed by atoms with Crippen LogP contribution in [-0.2, 0) is 4.79 Å². The molecule has 108 valence electrons. The van der Waals surface area contributed by atoms with Crippen molar-refractivity contribution in [2.45, 2.75) is 44.3 Å². The molecule has 0 saturated heterocycles. The van der Waals surface area contributed by atoms with Crippen molar-refractivity contribution < 1.29 is 18.0 Å². The maximum absolute atomic E-state index is 12.5. The largest absolute Gasteiger partial charge is 0.412 e. The Bertz CT molecular complexity index is 379. The van der Waals surface area contributed by atoms with Crippen molar-refractivity contribution in [3.8, 4) is 0 Å². The van der Waals surface area contributed by atoms with Gasteiger partial charge < -0.3 is 10.6 Å². The van der Waals surface area contributed by atoms with Gasteiger partial charge in [0.05, 0.1) is 5.92 Å². The van der Waals surface area contributed by atoms with Gasteiger partial charge >= 0.3 is 6.18 Å². The van der Waals surface area contributed by atoms with Crippen LogP contribution >= 0.6 is 0 Å². The molecule has 0 spiro atoms. The number of nitrogens with two attached hydrogens (primary N) is 1. The number of nitrogens with zero attached hydrogens (tertiary/aromatic N) is 1. The Morgan fingerprint density at radius 1 is 1.32 bits per heavy atom. The van der Waals surface area contributed by atoms with Crippen molar-refractivity contribution in [2.75, 3.05) is 13.1 Å². The second-order valence-electron chi connectivity index (χ2n) is 5.32. The Morgan fingerprint density at radius 3 is 2.53 bits per heavy atom. The third-order valence-electron chi connectivity index (χ3n) is 4.02. The van der Waals surface area contributed by atoms with Crippen LogP contribution in [0.3, 0.4) is 0 Å². The number of rotatable bonds is 1. The average molecular weight is 276 g/mol. The zero-order valence-electron chi connectivity index (χ0n) is 10.7. The van der Waals surface area contributed by atoms with E-state index in [1.54, 1.807) is 0 Å². The van der Waals surface area contributed by atoms with Gasteiger partial charge in [-0.3, -0.25) is 4.79 Å². The molecule has 1 aliphatic heterocycles. The summed E-state index contributed by atoms with van der Waals surface area (Å²) in [7, 11) is 0. The number of carbonyl (C=O) groups is 1. The lowest BCUT2D eigenvalue weighted by Gasteiger charge is -2.34. The molecule has 2 unspecified atom stereocenters. The van der Waals surface area contributed by atoms with Gasteiger partial charge in [-0.15, -0.1) is 0 Å². The third kappa shape index (κ3) is 3.29. The molecule has 1 amide bonds. The van der Waals surface area contributed by atoms with Crippen molar-refractivity contribution in [1.29, 1.82) is 0 Å². The van der Waals surface area contributed by atoms with E-state index in [2.05, 4.69) is 0 Å². The standard InChI is InChI=1S/C13H19F3N2O/c14-13(15,16)9-5-7-18(8-6-9)12(19)10-3-1-2-4-11(10)17/h5,10-11H,1-4,6-8,17H2. The molecule has 2 atom stereocenters. The van der Waals surface area contributed by atoms with Crippen molar-refractivity contribution >= 4 is 5.91 Å². The van der Waals surface area contributed by atoms with Gasteiger partial charge in [0, 0.05) is 24.7 Å². The predicted octanol–water partition coefficient (Wildman–Crippen LogP) is 2.22. The van der Waals surface area contributed by atoms with E-state index in [1.165, 1.54) is 4.90 Å². The van der Waals surface area contributed by atoms with Crippen LogP contribution in [0.4, 0.5) is 13.2 Å². The smallest absolute Gasteiger partial charge is 0.338 e. The highest BCUT2D eigenvalue weighted by Crippen LogP contribution is 2.31. The molecule has 0 aromatic carbocycles. The molecule has 2 aliphatic rings. The minimum absolute atomic E-state index is 0.0525. The molecule has 19 heavy (non-hydrogen) atoms. The van der Waals surface area contributed by atoms with Crippen LogP contribution in [0.5, 0.6) is 0 Å². The summed E-state index contributed by atoms with van der Waals surface area (Å²) in [5.41, 5.74) is 5.42. The Morgan fingerprint density at radius 2 is 2.00 bits per heavy atom. The molecule has 0 aromatic heterocycles. The van der Waals surface area contributed by atoms with Crippen LogP contribution in [-0.4, -0.2) is 36.1 Å². The number of carbonyl (C=O) groups excluding carboxylic acids is 1. The zero-order chi connectivity index (χ0) is 14.0. The minimum Gasteiger partial charge on any atom is -0.338 e. The van der Waals surface area contributed by atoms with E-state index in [9.17, 15) is 18.0 Å². The van der Waals surface area contributed by atoms with Crippen molar-refractivity contribution in [1.82, 2.24) is 4.90 Å². The summed E-state index contributed by atoms with van der Waals surface area (Å²) in [6.45, 7) is 0.199. The molecule has 2 rings (SSSR count). The summed E-state index contributed by atoms with van der Waals surface area (Å²) >= 11 is 0. The normalized spacial score (nSPS) is 29.1. The molecule has 6 heteroatoms. The lowest BCUT2D eigenvalue weighted by Crippen LogP contribution is -2.47. The molecule has 0 bridgehead atoms. The fourth-order valence-corrected chi connectivity index (χ4v) is 2.83. The first kappa shape index (κ1) is 14.4. The number of alkyl halides is 3. The zero-order valence-corrected chi connectivity index (χ0v) is 10.7. The van der Waals surface area contributed by atoms with Gasteiger partial charge in [-0.25, -0.2) is 0 Å². The SMILES string of the molecule is NC1CCCCC1C(=O)N1CC=C(C(F)(F)F)CC1. The van der Waals surface area contributed by atoms with E-state index in [-0.39, 0.29) is 37.4 Å². The molecular weight excluding hydrogens is 257 g/mol. The molecule has 1 saturated carbocycles. The maximum atomic E-state index is 12.5. The van der Waals surface area contributed by atoms with Crippen LogP contribution in [0.25, 0.3) is 0 Å². The molecule has 0 aromatic rings. The van der Waals surface area contributed by atoms with E-state index in [0.29, 0.717) is 0 Å². The Labute approximate surface area is 110 Å². The van der Waals surface area contributed by atoms with Gasteiger partial charge in [0.15, 0.2) is 0 Å². The highest BCUT2D eigenvalue weighted by molar-refractivity contribution is 5.80. The highest BCUT2D eigenvalue weighted by atomic mass is 19.4. The van der Waals surface area contributed by atoms with Crippen LogP contribution in [0.15, 0.2) is 11.6 Å². The highest BCUT2D eigenvalue weighted by Gasteiger charge is 2.37. The van der Waals surface area contributed by atoms with E-state index < -0.39 is 11.7 Å². The van der Waals surface area contributed by atoms with Crippen molar-refractivity contribution in [3.05, 3.63) is 11.6 Å². The van der Waals surface area contributed by atoms with Crippen molar-refractivity contribution in [2.24, 2.45) is 11.7 Å². The molecule has 0 radical (unpaired) electrons. The summed E-state index contributed by atoms with van der Waals surface area (Å²) < 4.78 is 37.5. The maximum Gasteiger partial charge on any atom is 0.412 e. The number of amides is 1. The quantitative estimate of drug-likeness (QED) is 0.746. The van der Waals surface area contributed by atoms with Gasteiger partial charge in [0.25, 0.3) is 0 Å². The number of halogens is 3. The van der Waals surface area contributed by atoms with Gasteiger partial charge in [0.1, 0.15) is 0 Å². The third-order valence-corrected chi connectivity index (χ3v) is 4.02.